The van der Waals surface area contributed by atoms with E-state index >= 15 is 0 Å². The molecule has 7 nitrogen and oxygen atoms in total. The molecule has 0 aliphatic heterocycles. The zero-order chi connectivity index (χ0) is 19.1. The molecule has 1 heterocycles. The Kier molecular flexibility index (Phi) is 11.5. The van der Waals surface area contributed by atoms with E-state index in [0.717, 1.165) is 0 Å². The second kappa shape index (κ2) is 12.4. The number of amides is 2. The Bertz CT molecular complexity index is 756. The molecule has 154 valence electrons. The van der Waals surface area contributed by atoms with Crippen LogP contribution >= 0.6 is 36.4 Å². The Hall–Kier alpha value is -2.06. The second-order valence-electron chi connectivity index (χ2n) is 5.98. The summed E-state index contributed by atoms with van der Waals surface area (Å²) in [5, 5.41) is 5.75. The first-order chi connectivity index (χ1) is 12.3. The highest BCUT2D eigenvalue weighted by Gasteiger charge is 2.17. The number of anilines is 1. The Labute approximate surface area is 181 Å². The first-order valence-corrected chi connectivity index (χ1v) is 8.45. The summed E-state index contributed by atoms with van der Waals surface area (Å²) in [4.78, 5) is 27.7. The third kappa shape index (κ3) is 8.31. The fourth-order valence-electron chi connectivity index (χ4n) is 1.93. The number of nitrogens with one attached hydrogen (secondary N) is 2. The number of benzene rings is 1. The molecule has 0 aliphatic carbocycles. The van der Waals surface area contributed by atoms with E-state index in [9.17, 15) is 9.59 Å². The van der Waals surface area contributed by atoms with Crippen LogP contribution in [0.1, 0.15) is 13.8 Å². The van der Waals surface area contributed by atoms with Crippen LogP contribution in [0.3, 0.4) is 0 Å². The van der Waals surface area contributed by atoms with Crippen molar-refractivity contribution in [3.8, 4) is 11.6 Å². The Morgan fingerprint density at radius 3 is 2.32 bits per heavy atom. The van der Waals surface area contributed by atoms with Crippen LogP contribution in [-0.2, 0) is 9.59 Å². The predicted octanol–water partition coefficient (Wildman–Crippen LogP) is 3.41. The topological polar surface area (TPSA) is 106 Å². The molecule has 0 fully saturated rings. The lowest BCUT2D eigenvalue weighted by Crippen LogP contribution is -2.46. The maximum Gasteiger partial charge on any atom is 0.243 e. The van der Waals surface area contributed by atoms with Crippen molar-refractivity contribution in [2.45, 2.75) is 19.9 Å². The van der Waals surface area contributed by atoms with Gasteiger partial charge in [-0.2, -0.15) is 0 Å². The summed E-state index contributed by atoms with van der Waals surface area (Å²) >= 11 is 5.82. The number of pyridine rings is 1. The minimum atomic E-state index is -0.645. The van der Waals surface area contributed by atoms with Crippen LogP contribution in [-0.4, -0.2) is 29.4 Å². The van der Waals surface area contributed by atoms with E-state index in [1.54, 1.807) is 36.4 Å². The van der Waals surface area contributed by atoms with Gasteiger partial charge in [0.05, 0.1) is 24.5 Å². The van der Waals surface area contributed by atoms with E-state index in [4.69, 9.17) is 22.1 Å². The number of carbonyl (C=O) groups is 2. The third-order valence-corrected chi connectivity index (χ3v) is 3.75. The zero-order valence-corrected chi connectivity index (χ0v) is 17.7. The van der Waals surface area contributed by atoms with Crippen molar-refractivity contribution < 1.29 is 14.3 Å². The number of aromatic nitrogens is 1. The molecule has 0 spiro atoms. The van der Waals surface area contributed by atoms with E-state index < -0.39 is 6.04 Å². The van der Waals surface area contributed by atoms with E-state index in [0.29, 0.717) is 22.3 Å². The number of nitrogens with two attached hydrogens (primary N) is 1. The Morgan fingerprint density at radius 1 is 1.14 bits per heavy atom. The van der Waals surface area contributed by atoms with Crippen LogP contribution in [0.5, 0.6) is 11.6 Å². The molecule has 0 radical (unpaired) electrons. The standard InChI is InChI=1S/C18H21ClN4O3.2ClH/c1-11(2)17(20)18(25)22-10-15(24)23-13-5-8-16(21-9-13)26-14-6-3-12(19)4-7-14;;/h3-9,11,17H,10,20H2,1-2H3,(H,22,25)(H,23,24);2*1H/t17-;;/m0../s1. The molecule has 1 atom stereocenters. The maximum absolute atomic E-state index is 11.9. The summed E-state index contributed by atoms with van der Waals surface area (Å²) in [5.74, 6) is 0.238. The van der Waals surface area contributed by atoms with Crippen LogP contribution in [0.4, 0.5) is 5.69 Å². The van der Waals surface area contributed by atoms with E-state index in [1.807, 2.05) is 13.8 Å². The van der Waals surface area contributed by atoms with Crippen molar-refractivity contribution in [2.75, 3.05) is 11.9 Å². The summed E-state index contributed by atoms with van der Waals surface area (Å²) in [5.41, 5.74) is 6.20. The van der Waals surface area contributed by atoms with Gasteiger partial charge in [-0.3, -0.25) is 9.59 Å². The van der Waals surface area contributed by atoms with Crippen molar-refractivity contribution in [1.29, 1.82) is 0 Å². The zero-order valence-electron chi connectivity index (χ0n) is 15.3. The molecule has 4 N–H and O–H groups in total. The van der Waals surface area contributed by atoms with Crippen LogP contribution in [0.15, 0.2) is 42.6 Å². The molecule has 2 rings (SSSR count). The lowest BCUT2D eigenvalue weighted by Gasteiger charge is -2.15. The van der Waals surface area contributed by atoms with Crippen LogP contribution in [0.25, 0.3) is 0 Å². The number of hydrogen-bond acceptors (Lipinski definition) is 5. The minimum absolute atomic E-state index is 0. The van der Waals surface area contributed by atoms with Gasteiger partial charge in [0.2, 0.25) is 17.7 Å². The van der Waals surface area contributed by atoms with Crippen molar-refractivity contribution in [3.63, 3.8) is 0 Å². The average molecular weight is 450 g/mol. The molecule has 0 bridgehead atoms. The van der Waals surface area contributed by atoms with Crippen LogP contribution < -0.4 is 21.1 Å². The van der Waals surface area contributed by atoms with Gasteiger partial charge in [-0.25, -0.2) is 4.98 Å². The van der Waals surface area contributed by atoms with Crippen molar-refractivity contribution in [3.05, 3.63) is 47.6 Å². The van der Waals surface area contributed by atoms with Gasteiger partial charge in [0.15, 0.2) is 0 Å². The van der Waals surface area contributed by atoms with Crippen LogP contribution in [0, 0.1) is 5.92 Å². The SMILES string of the molecule is CC(C)[C@H](N)C(=O)NCC(=O)Nc1ccc(Oc2ccc(Cl)cc2)nc1.Cl.Cl. The van der Waals surface area contributed by atoms with Crippen molar-refractivity contribution in [1.82, 2.24) is 10.3 Å². The average Bonchev–Trinajstić information content (AvgIpc) is 2.62. The predicted molar refractivity (Wildman–Crippen MR) is 115 cm³/mol. The van der Waals surface area contributed by atoms with Gasteiger partial charge in [0.25, 0.3) is 0 Å². The van der Waals surface area contributed by atoms with E-state index in [1.165, 1.54) is 6.20 Å². The largest absolute Gasteiger partial charge is 0.439 e. The summed E-state index contributed by atoms with van der Waals surface area (Å²) in [7, 11) is 0. The molecule has 0 saturated carbocycles. The summed E-state index contributed by atoms with van der Waals surface area (Å²) in [6.45, 7) is 3.51. The number of nitrogens with zero attached hydrogens (tertiary/aromatic N) is 1. The summed E-state index contributed by atoms with van der Waals surface area (Å²) in [6.07, 6.45) is 1.46. The fraction of sp³-hybridized carbons (Fsp3) is 0.278. The molecule has 1 aromatic carbocycles. The lowest BCUT2D eigenvalue weighted by atomic mass is 10.1. The van der Waals surface area contributed by atoms with Crippen LogP contribution in [0.2, 0.25) is 5.02 Å². The van der Waals surface area contributed by atoms with Crippen molar-refractivity contribution in [2.24, 2.45) is 11.7 Å². The Balaban J connectivity index is 0.00000364. The maximum atomic E-state index is 11.9. The third-order valence-electron chi connectivity index (χ3n) is 3.50. The highest BCUT2D eigenvalue weighted by atomic mass is 35.5. The number of carbonyl (C=O) groups excluding carboxylic acids is 2. The van der Waals surface area contributed by atoms with E-state index in [-0.39, 0.29) is 49.1 Å². The number of hydrogen-bond donors (Lipinski definition) is 3. The number of rotatable bonds is 7. The molecule has 0 aliphatic rings. The highest BCUT2D eigenvalue weighted by Crippen LogP contribution is 2.22. The molecule has 0 saturated heterocycles. The lowest BCUT2D eigenvalue weighted by molar-refractivity contribution is -0.125. The first-order valence-electron chi connectivity index (χ1n) is 8.08. The van der Waals surface area contributed by atoms with E-state index in [2.05, 4.69) is 15.6 Å². The molecule has 0 unspecified atom stereocenters. The highest BCUT2D eigenvalue weighted by molar-refractivity contribution is 6.30. The number of ether oxygens (including phenoxy) is 1. The Morgan fingerprint density at radius 2 is 1.79 bits per heavy atom. The van der Waals surface area contributed by atoms with Gasteiger partial charge in [0, 0.05) is 11.1 Å². The summed E-state index contributed by atoms with van der Waals surface area (Å²) in [6, 6.07) is 9.51. The van der Waals surface area contributed by atoms with Gasteiger partial charge < -0.3 is 21.1 Å². The molecular weight excluding hydrogens is 427 g/mol. The normalized spacial score (nSPS) is 10.9. The second-order valence-corrected chi connectivity index (χ2v) is 6.41. The molecule has 28 heavy (non-hydrogen) atoms. The van der Waals surface area contributed by atoms with Gasteiger partial charge >= 0.3 is 0 Å². The molecular formula is C18H23Cl3N4O3. The molecule has 2 amide bonds. The van der Waals surface area contributed by atoms with Gasteiger partial charge in [-0.05, 0) is 36.2 Å². The van der Waals surface area contributed by atoms with Gasteiger partial charge in [-0.1, -0.05) is 25.4 Å². The minimum Gasteiger partial charge on any atom is -0.439 e. The van der Waals surface area contributed by atoms with Gasteiger partial charge in [0.1, 0.15) is 5.75 Å². The quantitative estimate of drug-likeness (QED) is 0.600. The van der Waals surface area contributed by atoms with Crippen molar-refractivity contribution >= 4 is 53.9 Å². The monoisotopic (exact) mass is 448 g/mol. The fourth-order valence-corrected chi connectivity index (χ4v) is 2.06. The van der Waals surface area contributed by atoms with Gasteiger partial charge in [-0.15, -0.1) is 24.8 Å². The summed E-state index contributed by atoms with van der Waals surface area (Å²) < 4.78 is 5.57. The molecule has 2 aromatic rings. The first kappa shape index (κ1) is 25.9. The smallest absolute Gasteiger partial charge is 0.243 e. The number of halogens is 3. The molecule has 10 heteroatoms. The molecule has 1 aromatic heterocycles.